The number of guanidine groups is 1. The van der Waals surface area contributed by atoms with Gasteiger partial charge in [0.25, 0.3) is 0 Å². The van der Waals surface area contributed by atoms with Gasteiger partial charge >= 0.3 is 5.97 Å². The lowest BCUT2D eigenvalue weighted by molar-refractivity contribution is -0.138. The zero-order valence-corrected chi connectivity index (χ0v) is 21.8. The van der Waals surface area contributed by atoms with Crippen molar-refractivity contribution in [2.24, 2.45) is 22.2 Å². The fraction of sp³-hybridized carbons (Fsp3) is 0.417. The summed E-state index contributed by atoms with van der Waals surface area (Å²) in [5.74, 6) is 0.528. The van der Waals surface area contributed by atoms with Crippen molar-refractivity contribution in [2.45, 2.75) is 45.7 Å². The molecule has 0 bridgehead atoms. The number of carboxylic acids is 1. The highest BCUT2D eigenvalue weighted by Gasteiger charge is 2.11. The van der Waals surface area contributed by atoms with Crippen molar-refractivity contribution >= 4 is 36.2 Å². The molecule has 0 aliphatic rings. The molecule has 2 aromatic carbocycles. The van der Waals surface area contributed by atoms with E-state index in [-0.39, 0.29) is 30.3 Å². The highest BCUT2D eigenvalue weighted by atomic mass is 32.2. The molecule has 0 amide bonds. The summed E-state index contributed by atoms with van der Waals surface area (Å²) in [4.78, 5) is 14.5. The number of nitrogens with zero attached hydrogens (tertiary/aromatic N) is 1. The number of carboxylic acid groups (broad SMARTS) is 1. The van der Waals surface area contributed by atoms with Gasteiger partial charge in [0.1, 0.15) is 11.8 Å². The van der Waals surface area contributed by atoms with Gasteiger partial charge < -0.3 is 27.0 Å². The van der Waals surface area contributed by atoms with Gasteiger partial charge in [0, 0.05) is 30.0 Å². The van der Waals surface area contributed by atoms with Gasteiger partial charge in [-0.15, -0.1) is 0 Å². The van der Waals surface area contributed by atoms with Crippen molar-refractivity contribution in [3.63, 3.8) is 0 Å². The molecule has 0 aromatic heterocycles. The minimum absolute atomic E-state index is 0.0965. The molecule has 0 radical (unpaired) electrons. The van der Waals surface area contributed by atoms with E-state index in [9.17, 15) is 12.6 Å². The summed E-state index contributed by atoms with van der Waals surface area (Å²) >= 11 is 0.613. The van der Waals surface area contributed by atoms with Crippen LogP contribution in [0.15, 0.2) is 53.5 Å². The molecule has 11 heteroatoms. The lowest BCUT2D eigenvalue weighted by Crippen LogP contribution is -2.32. The van der Waals surface area contributed by atoms with Crippen LogP contribution in [0.4, 0.5) is 7.77 Å². The number of hydrogen-bond donors (Lipinski definition) is 4. The van der Waals surface area contributed by atoms with E-state index >= 15 is 0 Å². The largest absolute Gasteiger partial charge is 0.493 e. The minimum Gasteiger partial charge on any atom is -0.493 e. The smallest absolute Gasteiger partial charge is 0.320 e. The molecule has 7 nitrogen and oxygen atoms in total. The molecule has 2 aromatic rings. The zero-order valence-electron chi connectivity index (χ0n) is 20.2. The van der Waals surface area contributed by atoms with E-state index in [1.165, 1.54) is 5.56 Å². The third kappa shape index (κ3) is 16.7. The molecule has 0 aliphatic carbocycles. The Kier molecular flexibility index (Phi) is 19.3. The summed E-state index contributed by atoms with van der Waals surface area (Å²) in [6.45, 7) is 4.79. The van der Waals surface area contributed by atoms with Gasteiger partial charge in [0.15, 0.2) is 5.96 Å². The molecule has 0 heterocycles. The third-order valence-electron chi connectivity index (χ3n) is 4.25. The molecule has 0 fully saturated rings. The Labute approximate surface area is 215 Å². The maximum Gasteiger partial charge on any atom is 0.320 e. The highest BCUT2D eigenvalue weighted by molar-refractivity contribution is 7.94. The van der Waals surface area contributed by atoms with Crippen molar-refractivity contribution < 1.29 is 22.4 Å². The maximum atomic E-state index is 11.9. The van der Waals surface area contributed by atoms with Crippen molar-refractivity contribution in [1.29, 1.82) is 0 Å². The first-order chi connectivity index (χ1) is 16.8. The molecule has 196 valence electrons. The summed E-state index contributed by atoms with van der Waals surface area (Å²) in [5, 5.41) is 8.65. The van der Waals surface area contributed by atoms with E-state index in [0.717, 1.165) is 24.0 Å². The second kappa shape index (κ2) is 20.8. The molecule has 7 N–H and O–H groups in total. The molecule has 1 atom stereocenters. The van der Waals surface area contributed by atoms with Crippen LogP contribution in [0.3, 0.4) is 0 Å². The van der Waals surface area contributed by atoms with E-state index in [0.29, 0.717) is 36.8 Å². The molecular weight excluding hydrogens is 494 g/mol. The molecule has 0 saturated heterocycles. The zero-order chi connectivity index (χ0) is 26.5. The Balaban J connectivity index is 0.000000618. The Morgan fingerprint density at radius 2 is 1.66 bits per heavy atom. The van der Waals surface area contributed by atoms with Crippen molar-refractivity contribution in [2.75, 3.05) is 18.1 Å². The van der Waals surface area contributed by atoms with Crippen LogP contribution in [0.1, 0.15) is 37.0 Å². The van der Waals surface area contributed by atoms with E-state index < -0.39 is 12.0 Å². The van der Waals surface area contributed by atoms with E-state index in [1.54, 1.807) is 24.3 Å². The first kappa shape index (κ1) is 32.5. The van der Waals surface area contributed by atoms with E-state index in [2.05, 4.69) is 11.1 Å². The molecule has 2 rings (SSSR count). The SMILES string of the molecule is CC.NC(N)=NCc1cccc(CCCSF)c1.N[C@H](Cc1ccc(OCCSF)cc1)C(=O)O. The molecular formula is C24H36F2N4O3S2. The molecule has 35 heavy (non-hydrogen) atoms. The van der Waals surface area contributed by atoms with Crippen molar-refractivity contribution in [3.05, 3.63) is 65.2 Å². The van der Waals surface area contributed by atoms with Gasteiger partial charge in [-0.25, -0.2) is 4.99 Å². The number of rotatable bonds is 13. The predicted octanol–water partition coefficient (Wildman–Crippen LogP) is 4.67. The first-order valence-corrected chi connectivity index (χ1v) is 12.9. The summed E-state index contributed by atoms with van der Waals surface area (Å²) in [7, 11) is 0. The van der Waals surface area contributed by atoms with E-state index in [4.69, 9.17) is 27.0 Å². The lowest BCUT2D eigenvalue weighted by Gasteiger charge is -2.08. The number of aryl methyl sites for hydroxylation is 1. The average molecular weight is 531 g/mol. The summed E-state index contributed by atoms with van der Waals surface area (Å²) in [6, 6.07) is 14.1. The Morgan fingerprint density at radius 3 is 2.23 bits per heavy atom. The second-order valence-corrected chi connectivity index (χ2v) is 8.19. The lowest BCUT2D eigenvalue weighted by atomic mass is 10.1. The number of benzene rings is 2. The number of nitrogens with two attached hydrogens (primary N) is 3. The van der Waals surface area contributed by atoms with Crippen LogP contribution in [-0.4, -0.2) is 41.2 Å². The van der Waals surface area contributed by atoms with Crippen molar-refractivity contribution in [3.8, 4) is 5.75 Å². The van der Waals surface area contributed by atoms with Gasteiger partial charge in [0.2, 0.25) is 0 Å². The van der Waals surface area contributed by atoms with E-state index in [1.807, 2.05) is 32.0 Å². The number of carbonyl (C=O) groups is 1. The minimum atomic E-state index is -1.02. The quantitative estimate of drug-likeness (QED) is 0.167. The monoisotopic (exact) mass is 530 g/mol. The number of aliphatic carboxylic acids is 1. The second-order valence-electron chi connectivity index (χ2n) is 6.93. The van der Waals surface area contributed by atoms with Gasteiger partial charge in [0.05, 0.1) is 18.9 Å². The predicted molar refractivity (Wildman–Crippen MR) is 144 cm³/mol. The fourth-order valence-corrected chi connectivity index (χ4v) is 3.05. The van der Waals surface area contributed by atoms with Crippen LogP contribution in [0, 0.1) is 0 Å². The molecule has 0 aliphatic heterocycles. The highest BCUT2D eigenvalue weighted by Crippen LogP contribution is 2.14. The first-order valence-electron chi connectivity index (χ1n) is 11.2. The Morgan fingerprint density at radius 1 is 1.03 bits per heavy atom. The number of halogens is 2. The Hall–Kier alpha value is -2.50. The van der Waals surface area contributed by atoms with Crippen molar-refractivity contribution in [1.82, 2.24) is 0 Å². The van der Waals surface area contributed by atoms with Crippen LogP contribution in [-0.2, 0) is 24.2 Å². The summed E-state index contributed by atoms with van der Waals surface area (Å²) in [5.41, 5.74) is 19.0. The van der Waals surface area contributed by atoms with Gasteiger partial charge in [-0.2, -0.15) is 7.77 Å². The molecule has 0 saturated carbocycles. The van der Waals surface area contributed by atoms with Crippen LogP contribution >= 0.6 is 24.3 Å². The topological polar surface area (TPSA) is 137 Å². The van der Waals surface area contributed by atoms with Crippen LogP contribution in [0.25, 0.3) is 0 Å². The number of hydrogen-bond acceptors (Lipinski definition) is 6. The Bertz CT molecular complexity index is 855. The van der Waals surface area contributed by atoms with Gasteiger partial charge in [-0.05, 0) is 48.1 Å². The molecule has 0 spiro atoms. The van der Waals surface area contributed by atoms with Gasteiger partial charge in [-0.3, -0.25) is 4.79 Å². The van der Waals surface area contributed by atoms with Gasteiger partial charge in [-0.1, -0.05) is 50.2 Å². The summed E-state index contributed by atoms with van der Waals surface area (Å²) in [6.07, 6.45) is 2.00. The normalized spacial score (nSPS) is 10.7. The fourth-order valence-electron chi connectivity index (χ4n) is 2.65. The maximum absolute atomic E-state index is 11.9. The summed E-state index contributed by atoms with van der Waals surface area (Å²) < 4.78 is 28.8. The van der Waals surface area contributed by atoms with Crippen LogP contribution in [0.5, 0.6) is 5.75 Å². The van der Waals surface area contributed by atoms with Crippen LogP contribution in [0.2, 0.25) is 0 Å². The van der Waals surface area contributed by atoms with Crippen LogP contribution < -0.4 is 21.9 Å². The number of ether oxygens (including phenoxy) is 1. The molecule has 0 unspecified atom stereocenters. The average Bonchev–Trinajstić information content (AvgIpc) is 2.86. The third-order valence-corrected chi connectivity index (χ3v) is 5.01. The standard InChI is InChI=1S/C11H16FN3S.C11H14FNO3S.C2H6/c12-16-6-2-5-9-3-1-4-10(7-9)8-15-11(13)14;12-17-6-5-16-9-3-1-8(2-4-9)7-10(13)11(14)15;1-2/h1,3-4,7H,2,5-6,8H2,(H4,13,14,15);1-4,10H,5-7,13H2,(H,14,15);1-2H3/t;10-;/m.1./s1. The number of aliphatic imine (C=N–C) groups is 1.